The molecule has 74 heavy (non-hydrogen) atoms. The lowest BCUT2D eigenvalue weighted by Crippen LogP contribution is -2.20. The van der Waals surface area contributed by atoms with Crippen LogP contribution in [0.15, 0.2) is 97.3 Å². The van der Waals surface area contributed by atoms with Crippen molar-refractivity contribution in [2.45, 2.75) is 157 Å². The molecular weight excluding hydrogens is 925 g/mol. The summed E-state index contributed by atoms with van der Waals surface area (Å²) in [5, 5.41) is 0. The summed E-state index contributed by atoms with van der Waals surface area (Å²) in [5.41, 5.74) is 12.4. The monoisotopic (exact) mass is 1000 g/mol. The molecule has 2 aromatic heterocycles. The maximum Gasteiger partial charge on any atom is 0.344 e. The third-order valence-corrected chi connectivity index (χ3v) is 13.4. The van der Waals surface area contributed by atoms with E-state index in [2.05, 4.69) is 142 Å². The van der Waals surface area contributed by atoms with Gasteiger partial charge in [0.1, 0.15) is 36.2 Å². The molecule has 0 saturated heterocycles. The molecule has 8 bridgehead atoms. The largest absolute Gasteiger partial charge is 0.487 e. The standard InChI is InChI=1S/C64H78N2O8/c1-15-69-55(67)39-73-59-45-25-41-29-49(61(3,4)5)31-43(57(41)71-37-53-21-17-19-23-65-53)27-47-35-52(64(12,13)14)36-48(60(47)74-40-56(68)70-16-2)28-44-32-50(62(6,7)8)30-42(26-46(59)34-51(33-45)63(9,10)11)58(44)72-38-54-22-18-20-24-66-54/h17-24,29-36H,15-16,25-28,37-40H2,1-14H3. The Morgan fingerprint density at radius 1 is 0.405 bits per heavy atom. The van der Waals surface area contributed by atoms with Crippen molar-refractivity contribution in [3.63, 3.8) is 0 Å². The van der Waals surface area contributed by atoms with Crippen LogP contribution in [0.5, 0.6) is 23.0 Å². The number of benzene rings is 4. The Bertz CT molecular complexity index is 2640. The van der Waals surface area contributed by atoms with Crippen LogP contribution in [0.3, 0.4) is 0 Å². The maximum absolute atomic E-state index is 13.3. The van der Waals surface area contributed by atoms with E-state index in [4.69, 9.17) is 28.4 Å². The van der Waals surface area contributed by atoms with Gasteiger partial charge in [-0.2, -0.15) is 0 Å². The van der Waals surface area contributed by atoms with Crippen molar-refractivity contribution in [3.8, 4) is 23.0 Å². The van der Waals surface area contributed by atoms with E-state index in [1.165, 1.54) is 0 Å². The molecule has 0 atom stereocenters. The molecule has 1 aliphatic rings. The van der Waals surface area contributed by atoms with Gasteiger partial charge in [-0.05, 0) is 127 Å². The van der Waals surface area contributed by atoms with Gasteiger partial charge in [-0.1, -0.05) is 144 Å². The molecule has 0 spiro atoms. The van der Waals surface area contributed by atoms with Crippen LogP contribution in [-0.4, -0.2) is 48.3 Å². The Morgan fingerprint density at radius 3 is 0.878 bits per heavy atom. The Labute approximate surface area is 440 Å². The average molecular weight is 1000 g/mol. The van der Waals surface area contributed by atoms with Crippen molar-refractivity contribution in [2.75, 3.05) is 26.4 Å². The van der Waals surface area contributed by atoms with Crippen LogP contribution in [0.1, 0.15) is 175 Å². The zero-order valence-electron chi connectivity index (χ0n) is 46.5. The van der Waals surface area contributed by atoms with Crippen LogP contribution in [0.25, 0.3) is 0 Å². The molecule has 0 saturated carbocycles. The molecule has 0 aliphatic heterocycles. The van der Waals surface area contributed by atoms with Crippen molar-refractivity contribution in [2.24, 2.45) is 0 Å². The SMILES string of the molecule is CCOC(=O)COc1c2cc(C(C)(C)C)cc1Cc1cc(C(C)(C)C)cc(c1OCc1ccccn1)Cc1cc(C(C)(C)C)cc(c1OCC(=O)OCC)Cc1cc(C(C)(C)C)cc(c1OCc1ccccn1)C2. The number of aromatic nitrogens is 2. The molecule has 10 nitrogen and oxygen atoms in total. The lowest BCUT2D eigenvalue weighted by Gasteiger charge is -2.29. The summed E-state index contributed by atoms with van der Waals surface area (Å²) in [6, 6.07) is 29.6. The van der Waals surface area contributed by atoms with Crippen molar-refractivity contribution in [1.82, 2.24) is 9.97 Å². The summed E-state index contributed by atoms with van der Waals surface area (Å²) in [4.78, 5) is 36.0. The number of ether oxygens (including phenoxy) is 6. The van der Waals surface area contributed by atoms with E-state index in [0.29, 0.717) is 37.2 Å². The average Bonchev–Trinajstić information content (AvgIpc) is 3.32. The third kappa shape index (κ3) is 13.9. The molecule has 4 aromatic carbocycles. The highest BCUT2D eigenvalue weighted by molar-refractivity contribution is 5.72. The van der Waals surface area contributed by atoms with Gasteiger partial charge in [0.25, 0.3) is 0 Å². The van der Waals surface area contributed by atoms with Crippen LogP contribution < -0.4 is 18.9 Å². The lowest BCUT2D eigenvalue weighted by molar-refractivity contribution is -0.146. The smallest absolute Gasteiger partial charge is 0.344 e. The minimum Gasteiger partial charge on any atom is -0.487 e. The minimum atomic E-state index is -0.448. The normalized spacial score (nSPS) is 12.9. The first-order valence-corrected chi connectivity index (χ1v) is 26.2. The fourth-order valence-corrected chi connectivity index (χ4v) is 9.29. The zero-order chi connectivity index (χ0) is 53.6. The minimum absolute atomic E-state index is 0.223. The van der Waals surface area contributed by atoms with Crippen LogP contribution in [0, 0.1) is 0 Å². The van der Waals surface area contributed by atoms with Crippen molar-refractivity contribution in [3.05, 3.63) is 175 Å². The summed E-state index contributed by atoms with van der Waals surface area (Å²) < 4.78 is 38.7. The highest BCUT2D eigenvalue weighted by atomic mass is 16.6. The van der Waals surface area contributed by atoms with Gasteiger partial charge >= 0.3 is 11.9 Å². The molecule has 0 fully saturated rings. The van der Waals surface area contributed by atoms with Gasteiger partial charge in [0.05, 0.1) is 24.6 Å². The molecule has 7 rings (SSSR count). The quantitative estimate of drug-likeness (QED) is 0.0975. The second-order valence-corrected chi connectivity index (χ2v) is 23.6. The number of carbonyl (C=O) groups excluding carboxylic acids is 2. The molecule has 10 heteroatoms. The van der Waals surface area contributed by atoms with Gasteiger partial charge in [0.2, 0.25) is 0 Å². The summed E-state index contributed by atoms with van der Waals surface area (Å²) in [7, 11) is 0. The number of nitrogens with zero attached hydrogens (tertiary/aromatic N) is 2. The topological polar surface area (TPSA) is 115 Å². The highest BCUT2D eigenvalue weighted by Gasteiger charge is 2.30. The van der Waals surface area contributed by atoms with E-state index in [1.54, 1.807) is 26.2 Å². The second-order valence-electron chi connectivity index (χ2n) is 23.6. The van der Waals surface area contributed by atoms with Crippen molar-refractivity contribution in [1.29, 1.82) is 0 Å². The van der Waals surface area contributed by atoms with Gasteiger partial charge < -0.3 is 28.4 Å². The molecular formula is C64H78N2O8. The van der Waals surface area contributed by atoms with E-state index < -0.39 is 11.9 Å². The van der Waals surface area contributed by atoms with Crippen LogP contribution >= 0.6 is 0 Å². The number of hydrogen-bond acceptors (Lipinski definition) is 10. The Morgan fingerprint density at radius 2 is 0.662 bits per heavy atom. The van der Waals surface area contributed by atoms with E-state index in [9.17, 15) is 9.59 Å². The Kier molecular flexibility index (Phi) is 17.0. The number of hydrogen-bond donors (Lipinski definition) is 0. The number of rotatable bonds is 14. The summed E-state index contributed by atoms with van der Waals surface area (Å²) in [5.74, 6) is 1.78. The van der Waals surface area contributed by atoms with Gasteiger partial charge in [-0.25, -0.2) is 9.59 Å². The Balaban J connectivity index is 1.63. The fraction of sp³-hybridized carbons (Fsp3) is 0.438. The number of esters is 2. The number of pyridine rings is 2. The van der Waals surface area contributed by atoms with Gasteiger partial charge in [-0.3, -0.25) is 9.97 Å². The van der Waals surface area contributed by atoms with Crippen LogP contribution in [-0.2, 0) is 79.6 Å². The first-order chi connectivity index (χ1) is 34.9. The van der Waals surface area contributed by atoms with Crippen molar-refractivity contribution >= 4 is 11.9 Å². The zero-order valence-corrected chi connectivity index (χ0v) is 46.5. The van der Waals surface area contributed by atoms with E-state index in [1.807, 2.05) is 36.4 Å². The van der Waals surface area contributed by atoms with Crippen LogP contribution in [0.4, 0.5) is 0 Å². The van der Waals surface area contributed by atoms with E-state index in [-0.39, 0.29) is 61.3 Å². The highest BCUT2D eigenvalue weighted by Crippen LogP contribution is 2.45. The predicted molar refractivity (Wildman–Crippen MR) is 293 cm³/mol. The third-order valence-electron chi connectivity index (χ3n) is 13.4. The van der Waals surface area contributed by atoms with Crippen molar-refractivity contribution < 1.29 is 38.0 Å². The first-order valence-electron chi connectivity index (χ1n) is 26.2. The number of carbonyl (C=O) groups is 2. The second kappa shape index (κ2) is 22.8. The molecule has 2 heterocycles. The van der Waals surface area contributed by atoms with Gasteiger partial charge in [0, 0.05) is 38.1 Å². The maximum atomic E-state index is 13.3. The molecule has 1 aliphatic carbocycles. The first kappa shape index (κ1) is 55.1. The summed E-state index contributed by atoms with van der Waals surface area (Å²) in [6.45, 7) is 30.7. The van der Waals surface area contributed by atoms with Gasteiger partial charge in [-0.15, -0.1) is 0 Å². The number of fused-ring (bicyclic) bond motifs is 8. The predicted octanol–water partition coefficient (Wildman–Crippen LogP) is 13.4. The van der Waals surface area contributed by atoms with E-state index in [0.717, 1.165) is 89.6 Å². The molecule has 0 radical (unpaired) electrons. The molecule has 0 N–H and O–H groups in total. The summed E-state index contributed by atoms with van der Waals surface area (Å²) >= 11 is 0. The fourth-order valence-electron chi connectivity index (χ4n) is 9.29. The van der Waals surface area contributed by atoms with Crippen LogP contribution in [0.2, 0.25) is 0 Å². The molecule has 0 unspecified atom stereocenters. The molecule has 6 aromatic rings. The molecule has 392 valence electrons. The van der Waals surface area contributed by atoms with Gasteiger partial charge in [0.15, 0.2) is 13.2 Å². The Hall–Kier alpha value is -6.68. The molecule has 0 amide bonds. The lowest BCUT2D eigenvalue weighted by atomic mass is 9.79. The summed E-state index contributed by atoms with van der Waals surface area (Å²) in [6.07, 6.45) is 5.17. The van der Waals surface area contributed by atoms with E-state index >= 15 is 0 Å².